The zero-order chi connectivity index (χ0) is 15.0. The Morgan fingerprint density at radius 2 is 2.10 bits per heavy atom. The minimum Gasteiger partial charge on any atom is -0.351 e. The maximum atomic E-state index is 12.8. The highest BCUT2D eigenvalue weighted by atomic mass is 35.5. The van der Waals surface area contributed by atoms with E-state index in [-0.39, 0.29) is 23.7 Å². The summed E-state index contributed by atoms with van der Waals surface area (Å²) in [5.41, 5.74) is 0.889. The highest BCUT2D eigenvalue weighted by molar-refractivity contribution is 6.33. The number of hydrogen-bond acceptors (Lipinski definition) is 2. The van der Waals surface area contributed by atoms with E-state index in [0.717, 1.165) is 5.69 Å². The van der Waals surface area contributed by atoms with Crippen molar-refractivity contribution in [1.82, 2.24) is 15.1 Å². The summed E-state index contributed by atoms with van der Waals surface area (Å²) in [4.78, 5) is 12.0. The van der Waals surface area contributed by atoms with Crippen molar-refractivity contribution < 1.29 is 13.6 Å². The van der Waals surface area contributed by atoms with Crippen molar-refractivity contribution in [3.05, 3.63) is 47.2 Å². The fourth-order valence-corrected chi connectivity index (χ4v) is 2.31. The summed E-state index contributed by atoms with van der Waals surface area (Å²) in [5, 5.41) is 6.67. The molecule has 0 spiro atoms. The molecule has 1 aliphatic rings. The van der Waals surface area contributed by atoms with Gasteiger partial charge in [0, 0.05) is 18.9 Å². The molecule has 1 aromatic heterocycles. The van der Waals surface area contributed by atoms with Gasteiger partial charge in [-0.25, -0.2) is 13.5 Å². The van der Waals surface area contributed by atoms with Gasteiger partial charge in [-0.05, 0) is 12.1 Å². The van der Waals surface area contributed by atoms with E-state index < -0.39 is 17.7 Å². The molecule has 7 heteroatoms. The summed E-state index contributed by atoms with van der Waals surface area (Å²) in [5.74, 6) is -3.92. The zero-order valence-corrected chi connectivity index (χ0v) is 11.6. The van der Waals surface area contributed by atoms with E-state index in [0.29, 0.717) is 0 Å². The SMILES string of the molecule is O=C(NCC1CC1(F)F)c1cnn(-c2ccccc2)c1Cl. The minimum absolute atomic E-state index is 0.0569. The van der Waals surface area contributed by atoms with Crippen LogP contribution in [0.3, 0.4) is 0 Å². The molecule has 110 valence electrons. The normalized spacial score (nSPS) is 19.3. The van der Waals surface area contributed by atoms with Gasteiger partial charge in [0.1, 0.15) is 5.15 Å². The first-order valence-electron chi connectivity index (χ1n) is 6.44. The van der Waals surface area contributed by atoms with Crippen LogP contribution in [0.2, 0.25) is 5.15 Å². The number of alkyl halides is 2. The van der Waals surface area contributed by atoms with Crippen LogP contribution < -0.4 is 5.32 Å². The first-order chi connectivity index (χ1) is 9.99. The summed E-state index contributed by atoms with van der Waals surface area (Å²) in [6, 6.07) is 9.09. The van der Waals surface area contributed by atoms with Crippen molar-refractivity contribution in [2.75, 3.05) is 6.54 Å². The molecule has 21 heavy (non-hydrogen) atoms. The second-order valence-electron chi connectivity index (χ2n) is 4.97. The Hall–Kier alpha value is -1.95. The lowest BCUT2D eigenvalue weighted by molar-refractivity contribution is 0.0895. The van der Waals surface area contributed by atoms with Crippen LogP contribution in [0, 0.1) is 5.92 Å². The van der Waals surface area contributed by atoms with Crippen LogP contribution in [-0.2, 0) is 0 Å². The number of aromatic nitrogens is 2. The van der Waals surface area contributed by atoms with Crippen LogP contribution in [0.15, 0.2) is 36.5 Å². The van der Waals surface area contributed by atoms with E-state index in [4.69, 9.17) is 11.6 Å². The Morgan fingerprint density at radius 1 is 1.43 bits per heavy atom. The Morgan fingerprint density at radius 3 is 2.71 bits per heavy atom. The molecule has 1 amide bonds. The van der Waals surface area contributed by atoms with Crippen molar-refractivity contribution in [2.45, 2.75) is 12.3 Å². The third-order valence-corrected chi connectivity index (χ3v) is 3.78. The molecule has 1 heterocycles. The average Bonchev–Trinajstić information content (AvgIpc) is 2.90. The summed E-state index contributed by atoms with van der Waals surface area (Å²) in [6.45, 7) is -0.0569. The molecule has 1 aromatic carbocycles. The number of nitrogens with zero attached hydrogens (tertiary/aromatic N) is 2. The summed E-state index contributed by atoms with van der Waals surface area (Å²) in [7, 11) is 0. The molecule has 0 aliphatic heterocycles. The van der Waals surface area contributed by atoms with Gasteiger partial charge in [-0.1, -0.05) is 29.8 Å². The molecular weight excluding hydrogens is 300 g/mol. The topological polar surface area (TPSA) is 46.9 Å². The van der Waals surface area contributed by atoms with E-state index in [1.54, 1.807) is 12.1 Å². The van der Waals surface area contributed by atoms with E-state index in [1.807, 2.05) is 18.2 Å². The van der Waals surface area contributed by atoms with Gasteiger partial charge in [0.2, 0.25) is 0 Å². The van der Waals surface area contributed by atoms with Crippen molar-refractivity contribution in [2.24, 2.45) is 5.92 Å². The summed E-state index contributed by atoms with van der Waals surface area (Å²) < 4.78 is 26.9. The minimum atomic E-state index is -2.65. The molecule has 1 atom stereocenters. The number of rotatable bonds is 4. The molecule has 0 saturated heterocycles. The quantitative estimate of drug-likeness (QED) is 0.943. The molecule has 1 saturated carbocycles. The highest BCUT2D eigenvalue weighted by Gasteiger charge is 2.56. The Bertz CT molecular complexity index is 672. The third kappa shape index (κ3) is 2.76. The van der Waals surface area contributed by atoms with Crippen LogP contribution in [0.25, 0.3) is 5.69 Å². The maximum Gasteiger partial charge on any atom is 0.256 e. The van der Waals surface area contributed by atoms with E-state index in [2.05, 4.69) is 10.4 Å². The molecule has 1 fully saturated rings. The van der Waals surface area contributed by atoms with Crippen LogP contribution >= 0.6 is 11.6 Å². The van der Waals surface area contributed by atoms with Crippen LogP contribution in [0.5, 0.6) is 0 Å². The highest BCUT2D eigenvalue weighted by Crippen LogP contribution is 2.47. The van der Waals surface area contributed by atoms with E-state index in [1.165, 1.54) is 10.9 Å². The fourth-order valence-electron chi connectivity index (χ4n) is 2.04. The number of para-hydroxylation sites is 1. The van der Waals surface area contributed by atoms with Gasteiger partial charge in [-0.2, -0.15) is 5.10 Å². The number of halogens is 3. The molecule has 1 unspecified atom stereocenters. The van der Waals surface area contributed by atoms with Crippen molar-refractivity contribution in [3.63, 3.8) is 0 Å². The number of carbonyl (C=O) groups is 1. The van der Waals surface area contributed by atoms with Gasteiger partial charge in [0.25, 0.3) is 11.8 Å². The zero-order valence-electron chi connectivity index (χ0n) is 10.9. The van der Waals surface area contributed by atoms with Gasteiger partial charge in [0.15, 0.2) is 0 Å². The summed E-state index contributed by atoms with van der Waals surface area (Å²) >= 11 is 6.13. The Balaban J connectivity index is 1.72. The standard InChI is InChI=1S/C14H12ClF2N3O/c15-12-11(13(21)18-7-9-6-14(9,16)17)8-19-20(12)10-4-2-1-3-5-10/h1-5,8-9H,6-7H2,(H,18,21). The number of benzene rings is 1. The lowest BCUT2D eigenvalue weighted by atomic mass is 10.3. The molecular formula is C14H12ClF2N3O. The molecule has 4 nitrogen and oxygen atoms in total. The van der Waals surface area contributed by atoms with Crippen molar-refractivity contribution >= 4 is 17.5 Å². The predicted molar refractivity (Wildman–Crippen MR) is 74.0 cm³/mol. The lowest BCUT2D eigenvalue weighted by Crippen LogP contribution is -2.26. The summed E-state index contributed by atoms with van der Waals surface area (Å²) in [6.07, 6.45) is 1.15. The average molecular weight is 312 g/mol. The van der Waals surface area contributed by atoms with Gasteiger partial charge in [-0.15, -0.1) is 0 Å². The second-order valence-corrected chi connectivity index (χ2v) is 5.33. The van der Waals surface area contributed by atoms with E-state index >= 15 is 0 Å². The molecule has 3 rings (SSSR count). The number of nitrogens with one attached hydrogen (secondary N) is 1. The second kappa shape index (κ2) is 5.11. The Kier molecular flexibility index (Phi) is 3.41. The first kappa shape index (κ1) is 14.0. The third-order valence-electron chi connectivity index (χ3n) is 3.42. The fraction of sp³-hybridized carbons (Fsp3) is 0.286. The smallest absolute Gasteiger partial charge is 0.256 e. The Labute approximate surface area is 124 Å². The maximum absolute atomic E-state index is 12.8. The van der Waals surface area contributed by atoms with Gasteiger partial charge in [0.05, 0.1) is 17.4 Å². The van der Waals surface area contributed by atoms with Crippen LogP contribution in [0.1, 0.15) is 16.8 Å². The van der Waals surface area contributed by atoms with Gasteiger partial charge < -0.3 is 5.32 Å². The molecule has 1 aliphatic carbocycles. The molecule has 0 bridgehead atoms. The van der Waals surface area contributed by atoms with Crippen LogP contribution in [0.4, 0.5) is 8.78 Å². The predicted octanol–water partition coefficient (Wildman–Crippen LogP) is 2.91. The van der Waals surface area contributed by atoms with Crippen molar-refractivity contribution in [1.29, 1.82) is 0 Å². The van der Waals surface area contributed by atoms with Gasteiger partial charge in [-0.3, -0.25) is 4.79 Å². The van der Waals surface area contributed by atoms with Crippen LogP contribution in [-0.4, -0.2) is 28.2 Å². The van der Waals surface area contributed by atoms with Gasteiger partial charge >= 0.3 is 0 Å². The first-order valence-corrected chi connectivity index (χ1v) is 6.82. The molecule has 1 N–H and O–H groups in total. The number of carbonyl (C=O) groups excluding carboxylic acids is 1. The van der Waals surface area contributed by atoms with E-state index in [9.17, 15) is 13.6 Å². The number of hydrogen-bond donors (Lipinski definition) is 1. The lowest BCUT2D eigenvalue weighted by Gasteiger charge is -2.05. The van der Waals surface area contributed by atoms with Crippen molar-refractivity contribution in [3.8, 4) is 5.69 Å². The molecule has 2 aromatic rings. The monoisotopic (exact) mass is 311 g/mol. The molecule has 0 radical (unpaired) electrons. The largest absolute Gasteiger partial charge is 0.351 e. The number of amides is 1.